The molecule has 1 aromatic heterocycles. The number of alkyl halides is 3. The zero-order valence-electron chi connectivity index (χ0n) is 17.2. The zero-order chi connectivity index (χ0) is 23.5. The molecule has 0 bridgehead atoms. The number of carboxylic acids is 1. The number of amides is 2. The molecule has 2 atom stereocenters. The number of aliphatic carboxylic acids is 1. The summed E-state index contributed by atoms with van der Waals surface area (Å²) in [6.07, 6.45) is 0.00156. The first-order valence-electron chi connectivity index (χ1n) is 9.89. The van der Waals surface area contributed by atoms with Gasteiger partial charge in [0.2, 0.25) is 5.91 Å². The highest BCUT2D eigenvalue weighted by Crippen LogP contribution is 2.58. The van der Waals surface area contributed by atoms with Gasteiger partial charge in [0, 0.05) is 36.2 Å². The van der Waals surface area contributed by atoms with Crippen LogP contribution in [0.5, 0.6) is 0 Å². The Morgan fingerprint density at radius 3 is 2.53 bits per heavy atom. The summed E-state index contributed by atoms with van der Waals surface area (Å²) in [6, 6.07) is 11.3. The standard InChI is InChI=1S/C20H21N3O2.C2HF3O2/c1-14-4-2-5-15(10-14)19(25)23-9-7-20(13-23)11-17(20)18(24)22-16-6-3-8-21-12-16;3-2(4,5)1(6)7/h2-6,8,10,12,17H,7,9,11,13H2,1H3,(H,22,24);(H,6,7). The maximum atomic E-state index is 12.7. The van der Waals surface area contributed by atoms with Crippen molar-refractivity contribution in [2.45, 2.75) is 25.9 Å². The molecule has 2 unspecified atom stereocenters. The third-order valence-electron chi connectivity index (χ3n) is 5.62. The Kier molecular flexibility index (Phi) is 6.52. The molecule has 1 aromatic carbocycles. The van der Waals surface area contributed by atoms with Crippen molar-refractivity contribution in [2.24, 2.45) is 11.3 Å². The molecular formula is C22H22F3N3O4. The van der Waals surface area contributed by atoms with Gasteiger partial charge in [0.25, 0.3) is 5.91 Å². The molecule has 2 aliphatic rings. The average Bonchev–Trinajstić information content (AvgIpc) is 3.28. The van der Waals surface area contributed by atoms with Gasteiger partial charge in [-0.15, -0.1) is 0 Å². The van der Waals surface area contributed by atoms with Gasteiger partial charge in [-0.2, -0.15) is 13.2 Å². The maximum Gasteiger partial charge on any atom is 0.490 e. The molecule has 170 valence electrons. The number of carbonyl (C=O) groups is 3. The van der Waals surface area contributed by atoms with E-state index in [-0.39, 0.29) is 23.1 Å². The second-order valence-corrected chi connectivity index (χ2v) is 8.00. The minimum absolute atomic E-state index is 0.0111. The Morgan fingerprint density at radius 1 is 1.22 bits per heavy atom. The molecule has 2 heterocycles. The first-order valence-corrected chi connectivity index (χ1v) is 9.89. The smallest absolute Gasteiger partial charge is 0.475 e. The molecule has 1 aliphatic carbocycles. The highest BCUT2D eigenvalue weighted by atomic mass is 19.4. The Labute approximate surface area is 182 Å². The largest absolute Gasteiger partial charge is 0.490 e. The molecular weight excluding hydrogens is 427 g/mol. The predicted octanol–water partition coefficient (Wildman–Crippen LogP) is 3.51. The normalized spacial score (nSPS) is 21.5. The third-order valence-corrected chi connectivity index (χ3v) is 5.62. The lowest BCUT2D eigenvalue weighted by atomic mass is 10.0. The van der Waals surface area contributed by atoms with Gasteiger partial charge in [0.15, 0.2) is 0 Å². The van der Waals surface area contributed by atoms with Crippen molar-refractivity contribution >= 4 is 23.5 Å². The van der Waals surface area contributed by atoms with Gasteiger partial charge >= 0.3 is 12.1 Å². The number of halogens is 3. The van der Waals surface area contributed by atoms with Crippen molar-refractivity contribution in [1.82, 2.24) is 9.88 Å². The molecule has 10 heteroatoms. The van der Waals surface area contributed by atoms with Gasteiger partial charge in [-0.05, 0) is 44.0 Å². The second kappa shape index (κ2) is 8.97. The number of anilines is 1. The fourth-order valence-corrected chi connectivity index (χ4v) is 3.87. The third kappa shape index (κ3) is 5.43. The number of likely N-dealkylation sites (tertiary alicyclic amines) is 1. The number of rotatable bonds is 3. The highest BCUT2D eigenvalue weighted by Gasteiger charge is 2.61. The number of aryl methyl sites for hydroxylation is 1. The lowest BCUT2D eigenvalue weighted by Gasteiger charge is -2.17. The molecule has 0 radical (unpaired) electrons. The summed E-state index contributed by atoms with van der Waals surface area (Å²) in [6.45, 7) is 3.39. The molecule has 2 N–H and O–H groups in total. The van der Waals surface area contributed by atoms with Crippen molar-refractivity contribution in [1.29, 1.82) is 0 Å². The molecule has 4 rings (SSSR count). The molecule has 7 nitrogen and oxygen atoms in total. The van der Waals surface area contributed by atoms with Gasteiger partial charge < -0.3 is 15.3 Å². The zero-order valence-corrected chi connectivity index (χ0v) is 17.2. The van der Waals surface area contributed by atoms with Crippen LogP contribution in [0.1, 0.15) is 28.8 Å². The summed E-state index contributed by atoms with van der Waals surface area (Å²) in [4.78, 5) is 40.0. The summed E-state index contributed by atoms with van der Waals surface area (Å²) >= 11 is 0. The first-order chi connectivity index (χ1) is 15.0. The summed E-state index contributed by atoms with van der Waals surface area (Å²) in [5, 5.41) is 10.1. The summed E-state index contributed by atoms with van der Waals surface area (Å²) in [5.41, 5.74) is 2.50. The van der Waals surface area contributed by atoms with Gasteiger partial charge in [-0.25, -0.2) is 4.79 Å². The minimum Gasteiger partial charge on any atom is -0.475 e. The van der Waals surface area contributed by atoms with E-state index in [0.717, 1.165) is 36.2 Å². The van der Waals surface area contributed by atoms with Crippen LogP contribution in [0.3, 0.4) is 0 Å². The number of carboxylic acid groups (broad SMARTS) is 1. The summed E-state index contributed by atoms with van der Waals surface area (Å²) < 4.78 is 31.7. The Bertz CT molecular complexity index is 1010. The van der Waals surface area contributed by atoms with E-state index in [1.165, 1.54) is 0 Å². The van der Waals surface area contributed by atoms with Crippen molar-refractivity contribution in [3.8, 4) is 0 Å². The van der Waals surface area contributed by atoms with Crippen LogP contribution in [0.25, 0.3) is 0 Å². The van der Waals surface area contributed by atoms with Crippen LogP contribution in [-0.2, 0) is 9.59 Å². The summed E-state index contributed by atoms with van der Waals surface area (Å²) in [7, 11) is 0. The van der Waals surface area contributed by atoms with Crippen LogP contribution in [0.4, 0.5) is 18.9 Å². The molecule has 1 saturated carbocycles. The Hall–Kier alpha value is -3.43. The van der Waals surface area contributed by atoms with E-state index in [0.29, 0.717) is 6.54 Å². The maximum absolute atomic E-state index is 12.7. The van der Waals surface area contributed by atoms with Crippen LogP contribution in [0.2, 0.25) is 0 Å². The van der Waals surface area contributed by atoms with E-state index in [1.54, 1.807) is 18.5 Å². The van der Waals surface area contributed by atoms with Crippen LogP contribution >= 0.6 is 0 Å². The SMILES string of the molecule is Cc1cccc(C(=O)N2CCC3(CC3C(=O)Nc3cccnc3)C2)c1.O=C(O)C(F)(F)F. The van der Waals surface area contributed by atoms with Gasteiger partial charge in [-0.1, -0.05) is 17.7 Å². The van der Waals surface area contributed by atoms with E-state index < -0.39 is 12.1 Å². The number of hydrogen-bond acceptors (Lipinski definition) is 4. The number of pyridine rings is 1. The van der Waals surface area contributed by atoms with Crippen molar-refractivity contribution < 1.29 is 32.7 Å². The number of nitrogens with one attached hydrogen (secondary N) is 1. The van der Waals surface area contributed by atoms with Gasteiger partial charge in [0.1, 0.15) is 0 Å². The first kappa shape index (κ1) is 23.2. The number of nitrogens with zero attached hydrogens (tertiary/aromatic N) is 2. The quantitative estimate of drug-likeness (QED) is 0.747. The average molecular weight is 449 g/mol. The van der Waals surface area contributed by atoms with Crippen LogP contribution < -0.4 is 5.32 Å². The Balaban J connectivity index is 0.000000360. The van der Waals surface area contributed by atoms with E-state index >= 15 is 0 Å². The molecule has 1 spiro atoms. The van der Waals surface area contributed by atoms with Crippen LogP contribution in [0.15, 0.2) is 48.8 Å². The molecule has 2 amide bonds. The topological polar surface area (TPSA) is 99.6 Å². The van der Waals surface area contributed by atoms with Gasteiger partial charge in [0.05, 0.1) is 11.9 Å². The lowest BCUT2D eigenvalue weighted by molar-refractivity contribution is -0.192. The Morgan fingerprint density at radius 2 is 1.94 bits per heavy atom. The van der Waals surface area contributed by atoms with Crippen molar-refractivity contribution in [3.05, 3.63) is 59.9 Å². The second-order valence-electron chi connectivity index (χ2n) is 8.00. The van der Waals surface area contributed by atoms with Crippen LogP contribution in [-0.4, -0.2) is 52.0 Å². The molecule has 1 saturated heterocycles. The van der Waals surface area contributed by atoms with E-state index in [2.05, 4.69) is 10.3 Å². The number of carbonyl (C=O) groups excluding carboxylic acids is 2. The van der Waals surface area contributed by atoms with Gasteiger partial charge in [-0.3, -0.25) is 14.6 Å². The van der Waals surface area contributed by atoms with E-state index in [4.69, 9.17) is 9.90 Å². The highest BCUT2D eigenvalue weighted by molar-refractivity contribution is 5.96. The lowest BCUT2D eigenvalue weighted by Crippen LogP contribution is -2.30. The van der Waals surface area contributed by atoms with E-state index in [9.17, 15) is 22.8 Å². The molecule has 2 aromatic rings. The predicted molar refractivity (Wildman–Crippen MR) is 109 cm³/mol. The van der Waals surface area contributed by atoms with E-state index in [1.807, 2.05) is 42.2 Å². The minimum atomic E-state index is -5.08. The monoisotopic (exact) mass is 449 g/mol. The number of hydrogen-bond donors (Lipinski definition) is 2. The fraction of sp³-hybridized carbons (Fsp3) is 0.364. The number of aromatic nitrogens is 1. The van der Waals surface area contributed by atoms with Crippen LogP contribution in [0, 0.1) is 18.3 Å². The van der Waals surface area contributed by atoms with Crippen molar-refractivity contribution in [3.63, 3.8) is 0 Å². The summed E-state index contributed by atoms with van der Waals surface area (Å²) in [5.74, 6) is -2.66. The molecule has 32 heavy (non-hydrogen) atoms. The van der Waals surface area contributed by atoms with Crippen molar-refractivity contribution in [2.75, 3.05) is 18.4 Å². The molecule has 1 aliphatic heterocycles. The number of benzene rings is 1. The molecule has 2 fully saturated rings. The fourth-order valence-electron chi connectivity index (χ4n) is 3.87.